The molecule has 8 heteroatoms. The molecule has 0 radical (unpaired) electrons. The molecule has 1 saturated carbocycles. The largest absolute Gasteiger partial charge is 0.330 e. The summed E-state index contributed by atoms with van der Waals surface area (Å²) >= 11 is 6.21. The topological polar surface area (TPSA) is 95.0 Å². The molecular formula is C24H26ClN3O3S. The van der Waals surface area contributed by atoms with Gasteiger partial charge in [-0.2, -0.15) is 5.10 Å². The monoisotopic (exact) mass is 471 g/mol. The predicted molar refractivity (Wildman–Crippen MR) is 127 cm³/mol. The maximum Gasteiger partial charge on any atom is 0.267 e. The van der Waals surface area contributed by atoms with Gasteiger partial charge in [0.15, 0.2) is 9.84 Å². The van der Waals surface area contributed by atoms with E-state index in [1.807, 2.05) is 18.2 Å². The summed E-state index contributed by atoms with van der Waals surface area (Å²) in [5.41, 5.74) is 8.25. The maximum absolute atomic E-state index is 12.6. The van der Waals surface area contributed by atoms with Crippen molar-refractivity contribution in [3.05, 3.63) is 81.6 Å². The number of nitrogens with zero attached hydrogens (tertiary/aromatic N) is 2. The van der Waals surface area contributed by atoms with Crippen LogP contribution in [-0.2, 0) is 15.3 Å². The van der Waals surface area contributed by atoms with E-state index in [1.165, 1.54) is 12.3 Å². The zero-order valence-corrected chi connectivity index (χ0v) is 19.4. The molecule has 2 aromatic carbocycles. The van der Waals surface area contributed by atoms with E-state index < -0.39 is 9.84 Å². The Morgan fingerprint density at radius 3 is 2.47 bits per heavy atom. The average Bonchev–Trinajstić information content (AvgIpc) is 2.79. The van der Waals surface area contributed by atoms with Crippen molar-refractivity contribution in [2.24, 2.45) is 5.73 Å². The van der Waals surface area contributed by atoms with E-state index >= 15 is 0 Å². The summed E-state index contributed by atoms with van der Waals surface area (Å²) in [7, 11) is -3.34. The highest BCUT2D eigenvalue weighted by Crippen LogP contribution is 2.42. The molecule has 0 spiro atoms. The van der Waals surface area contributed by atoms with Gasteiger partial charge >= 0.3 is 0 Å². The molecule has 0 saturated heterocycles. The summed E-state index contributed by atoms with van der Waals surface area (Å²) in [5, 5.41) is 5.30. The van der Waals surface area contributed by atoms with Gasteiger partial charge in [0.25, 0.3) is 5.56 Å². The second-order valence-electron chi connectivity index (χ2n) is 8.53. The molecule has 1 aliphatic carbocycles. The number of hydrogen-bond acceptors (Lipinski definition) is 5. The first-order valence-electron chi connectivity index (χ1n) is 10.6. The third-order valence-corrected chi connectivity index (χ3v) is 7.81. The first-order valence-corrected chi connectivity index (χ1v) is 12.9. The minimum atomic E-state index is -3.34. The fraction of sp³-hybridized carbons (Fsp3) is 0.333. The Balaban J connectivity index is 1.62. The van der Waals surface area contributed by atoms with Gasteiger partial charge in [0.05, 0.1) is 16.6 Å². The van der Waals surface area contributed by atoms with Gasteiger partial charge in [0.2, 0.25) is 0 Å². The standard InChI is InChI=1S/C24H26ClN3O3S/c1-32(30,31)21-7-2-4-17(14-21)22-8-9-23(29)28(27-22)20-10-12-24(16-26,13-11-20)18-5-3-6-19(25)15-18/h2-9,14-15,20H,10-13,16,26H2,1H3. The van der Waals surface area contributed by atoms with Crippen LogP contribution in [-0.4, -0.2) is 31.0 Å². The van der Waals surface area contributed by atoms with Gasteiger partial charge < -0.3 is 5.73 Å². The molecule has 2 N–H and O–H groups in total. The van der Waals surface area contributed by atoms with Crippen LogP contribution in [0.3, 0.4) is 0 Å². The smallest absolute Gasteiger partial charge is 0.267 e. The molecule has 1 fully saturated rings. The SMILES string of the molecule is CS(=O)(=O)c1cccc(-c2ccc(=O)n(C3CCC(CN)(c4cccc(Cl)c4)CC3)n2)c1. The number of aromatic nitrogens is 2. The highest BCUT2D eigenvalue weighted by atomic mass is 35.5. The van der Waals surface area contributed by atoms with Crippen molar-refractivity contribution in [2.45, 2.75) is 42.0 Å². The van der Waals surface area contributed by atoms with Crippen molar-refractivity contribution in [3.63, 3.8) is 0 Å². The second-order valence-corrected chi connectivity index (χ2v) is 11.0. The van der Waals surface area contributed by atoms with Crippen molar-refractivity contribution in [1.82, 2.24) is 9.78 Å². The van der Waals surface area contributed by atoms with Crippen LogP contribution in [0.5, 0.6) is 0 Å². The summed E-state index contributed by atoms with van der Waals surface area (Å²) in [6, 6.07) is 17.6. The third-order valence-electron chi connectivity index (χ3n) is 6.47. The summed E-state index contributed by atoms with van der Waals surface area (Å²) in [6.45, 7) is 0.515. The molecule has 1 heterocycles. The van der Waals surface area contributed by atoms with Gasteiger partial charge in [-0.1, -0.05) is 35.9 Å². The zero-order valence-electron chi connectivity index (χ0n) is 17.9. The fourth-order valence-electron chi connectivity index (χ4n) is 4.56. The van der Waals surface area contributed by atoms with Crippen LogP contribution >= 0.6 is 11.6 Å². The Labute approximate surface area is 193 Å². The zero-order chi connectivity index (χ0) is 22.9. The normalized spacial score (nSPS) is 21.4. The van der Waals surface area contributed by atoms with Crippen LogP contribution in [0, 0.1) is 0 Å². The van der Waals surface area contributed by atoms with Gasteiger partial charge in [-0.3, -0.25) is 4.79 Å². The van der Waals surface area contributed by atoms with Crippen molar-refractivity contribution < 1.29 is 8.42 Å². The Kier molecular flexibility index (Phi) is 6.25. The molecule has 4 rings (SSSR count). The van der Waals surface area contributed by atoms with E-state index in [0.29, 0.717) is 22.8 Å². The Morgan fingerprint density at radius 2 is 1.81 bits per heavy atom. The molecule has 0 bridgehead atoms. The molecule has 0 atom stereocenters. The van der Waals surface area contributed by atoms with Crippen molar-refractivity contribution in [1.29, 1.82) is 0 Å². The highest BCUT2D eigenvalue weighted by Gasteiger charge is 2.37. The summed E-state index contributed by atoms with van der Waals surface area (Å²) in [5.74, 6) is 0. The van der Waals surface area contributed by atoms with Crippen molar-refractivity contribution >= 4 is 21.4 Å². The van der Waals surface area contributed by atoms with E-state index in [-0.39, 0.29) is 21.9 Å². The van der Waals surface area contributed by atoms with E-state index in [9.17, 15) is 13.2 Å². The van der Waals surface area contributed by atoms with Gasteiger partial charge in [-0.15, -0.1) is 0 Å². The quantitative estimate of drug-likeness (QED) is 0.607. The van der Waals surface area contributed by atoms with Gasteiger partial charge in [0, 0.05) is 34.9 Å². The van der Waals surface area contributed by atoms with Crippen LogP contribution in [0.25, 0.3) is 11.3 Å². The van der Waals surface area contributed by atoms with Crippen LogP contribution < -0.4 is 11.3 Å². The minimum Gasteiger partial charge on any atom is -0.330 e. The first kappa shape index (κ1) is 22.7. The number of halogens is 1. The lowest BCUT2D eigenvalue weighted by Crippen LogP contribution is -2.41. The second kappa shape index (κ2) is 8.81. The van der Waals surface area contributed by atoms with E-state index in [0.717, 1.165) is 31.2 Å². The number of benzene rings is 2. The minimum absolute atomic E-state index is 0.0422. The highest BCUT2D eigenvalue weighted by molar-refractivity contribution is 7.90. The fourth-order valence-corrected chi connectivity index (χ4v) is 5.41. The number of rotatable bonds is 5. The molecule has 6 nitrogen and oxygen atoms in total. The molecule has 1 aliphatic rings. The Morgan fingerprint density at radius 1 is 1.09 bits per heavy atom. The molecule has 0 aliphatic heterocycles. The van der Waals surface area contributed by atoms with Gasteiger partial charge in [0.1, 0.15) is 0 Å². The summed E-state index contributed by atoms with van der Waals surface area (Å²) < 4.78 is 25.4. The maximum atomic E-state index is 12.6. The lowest BCUT2D eigenvalue weighted by atomic mass is 9.68. The van der Waals surface area contributed by atoms with E-state index in [2.05, 4.69) is 11.2 Å². The summed E-state index contributed by atoms with van der Waals surface area (Å²) in [6.07, 6.45) is 4.37. The molecule has 1 aromatic heterocycles. The molecule has 0 amide bonds. The average molecular weight is 472 g/mol. The number of nitrogens with two attached hydrogens (primary N) is 1. The molecule has 32 heavy (non-hydrogen) atoms. The lowest BCUT2D eigenvalue weighted by Gasteiger charge is -2.40. The van der Waals surface area contributed by atoms with Crippen LogP contribution in [0.2, 0.25) is 5.02 Å². The molecular weight excluding hydrogens is 446 g/mol. The van der Waals surface area contributed by atoms with Crippen LogP contribution in [0.4, 0.5) is 0 Å². The van der Waals surface area contributed by atoms with Gasteiger partial charge in [-0.05, 0) is 61.6 Å². The number of sulfone groups is 1. The van der Waals surface area contributed by atoms with E-state index in [4.69, 9.17) is 17.3 Å². The third kappa shape index (κ3) is 4.51. The van der Waals surface area contributed by atoms with Crippen LogP contribution in [0.1, 0.15) is 37.3 Å². The first-order chi connectivity index (χ1) is 15.2. The van der Waals surface area contributed by atoms with Crippen molar-refractivity contribution in [3.8, 4) is 11.3 Å². The Hall–Kier alpha value is -2.48. The Bertz CT molecular complexity index is 1300. The van der Waals surface area contributed by atoms with Crippen LogP contribution in [0.15, 0.2) is 70.4 Å². The van der Waals surface area contributed by atoms with E-state index in [1.54, 1.807) is 35.0 Å². The van der Waals surface area contributed by atoms with Gasteiger partial charge in [-0.25, -0.2) is 13.1 Å². The lowest BCUT2D eigenvalue weighted by molar-refractivity contribution is 0.222. The molecule has 168 valence electrons. The molecule has 3 aromatic rings. The van der Waals surface area contributed by atoms with Crippen molar-refractivity contribution in [2.75, 3.05) is 12.8 Å². The molecule has 0 unspecified atom stereocenters. The predicted octanol–water partition coefficient (Wildman–Crippen LogP) is 3.98. The summed E-state index contributed by atoms with van der Waals surface area (Å²) in [4.78, 5) is 12.9. The number of hydrogen-bond donors (Lipinski definition) is 1.